The van der Waals surface area contributed by atoms with E-state index in [1.165, 1.54) is 11.8 Å². The highest BCUT2D eigenvalue weighted by Crippen LogP contribution is 2.13. The van der Waals surface area contributed by atoms with Crippen LogP contribution >= 0.6 is 11.8 Å². The van der Waals surface area contributed by atoms with Gasteiger partial charge in [-0.25, -0.2) is 9.97 Å². The van der Waals surface area contributed by atoms with Crippen LogP contribution in [0.3, 0.4) is 0 Å². The molecule has 0 aromatic carbocycles. The van der Waals surface area contributed by atoms with Crippen LogP contribution in [0.2, 0.25) is 0 Å². The van der Waals surface area contributed by atoms with Crippen LogP contribution < -0.4 is 5.32 Å². The second-order valence-electron chi connectivity index (χ2n) is 5.38. The number of aromatic nitrogens is 2. The third-order valence-corrected chi connectivity index (χ3v) is 4.22. The minimum absolute atomic E-state index is 0.0368. The molecule has 0 bridgehead atoms. The molecule has 0 radical (unpaired) electrons. The fourth-order valence-electron chi connectivity index (χ4n) is 2.29. The van der Waals surface area contributed by atoms with E-state index >= 15 is 0 Å². The van der Waals surface area contributed by atoms with Crippen LogP contribution in [-0.4, -0.2) is 65.9 Å². The number of rotatable bonds is 7. The fourth-order valence-corrected chi connectivity index (χ4v) is 3.07. The number of nitrogens with zero attached hydrogens (tertiary/aromatic N) is 3. The molecule has 122 valence electrons. The molecule has 1 N–H and O–H groups in total. The Kier molecular flexibility index (Phi) is 7.08. The smallest absolute Gasteiger partial charge is 0.230 e. The van der Waals surface area contributed by atoms with E-state index in [-0.39, 0.29) is 5.91 Å². The normalized spacial score (nSPS) is 15.7. The van der Waals surface area contributed by atoms with Crippen LogP contribution in [0.4, 0.5) is 0 Å². The predicted octanol–water partition coefficient (Wildman–Crippen LogP) is 1.02. The van der Waals surface area contributed by atoms with E-state index in [9.17, 15) is 4.79 Å². The van der Waals surface area contributed by atoms with E-state index in [1.54, 1.807) is 0 Å². The lowest BCUT2D eigenvalue weighted by Gasteiger charge is -2.26. The highest BCUT2D eigenvalue weighted by molar-refractivity contribution is 7.99. The monoisotopic (exact) mass is 324 g/mol. The number of hydrogen-bond donors (Lipinski definition) is 1. The number of carbonyl (C=O) groups is 1. The molecule has 1 amide bonds. The number of amides is 1. The molecule has 0 spiro atoms. The molecule has 0 saturated carbocycles. The van der Waals surface area contributed by atoms with Gasteiger partial charge in [0.2, 0.25) is 5.91 Å². The molecule has 1 aliphatic rings. The summed E-state index contributed by atoms with van der Waals surface area (Å²) >= 11 is 1.38. The molecule has 7 heteroatoms. The van der Waals surface area contributed by atoms with Crippen molar-refractivity contribution in [3.05, 3.63) is 17.5 Å². The molecular weight excluding hydrogens is 300 g/mol. The van der Waals surface area contributed by atoms with E-state index in [2.05, 4.69) is 20.2 Å². The molecule has 22 heavy (non-hydrogen) atoms. The lowest BCUT2D eigenvalue weighted by molar-refractivity contribution is -0.118. The highest BCUT2D eigenvalue weighted by atomic mass is 32.2. The molecule has 1 aliphatic heterocycles. The van der Waals surface area contributed by atoms with Crippen LogP contribution in [0.5, 0.6) is 0 Å². The SMILES string of the molecule is Cc1cc(C)nc(SCC(=O)NCCCN2CCOCC2)n1. The largest absolute Gasteiger partial charge is 0.379 e. The first-order chi connectivity index (χ1) is 10.6. The summed E-state index contributed by atoms with van der Waals surface area (Å²) in [6.45, 7) is 9.22. The Morgan fingerprint density at radius 3 is 2.68 bits per heavy atom. The van der Waals surface area contributed by atoms with E-state index in [0.29, 0.717) is 17.5 Å². The first kappa shape index (κ1) is 17.2. The summed E-state index contributed by atoms with van der Waals surface area (Å²) in [5.41, 5.74) is 1.86. The number of thioether (sulfide) groups is 1. The van der Waals surface area contributed by atoms with E-state index in [0.717, 1.165) is 50.7 Å². The van der Waals surface area contributed by atoms with Crippen molar-refractivity contribution >= 4 is 17.7 Å². The molecule has 0 atom stereocenters. The lowest BCUT2D eigenvalue weighted by atomic mass is 10.3. The summed E-state index contributed by atoms with van der Waals surface area (Å²) in [4.78, 5) is 22.8. The van der Waals surface area contributed by atoms with Gasteiger partial charge in [-0.2, -0.15) is 0 Å². The maximum Gasteiger partial charge on any atom is 0.230 e. The molecule has 0 aliphatic carbocycles. The molecule has 2 rings (SSSR count). The highest BCUT2D eigenvalue weighted by Gasteiger charge is 2.10. The zero-order chi connectivity index (χ0) is 15.8. The van der Waals surface area contributed by atoms with Gasteiger partial charge < -0.3 is 10.1 Å². The lowest BCUT2D eigenvalue weighted by Crippen LogP contribution is -2.38. The van der Waals surface area contributed by atoms with E-state index < -0.39 is 0 Å². The van der Waals surface area contributed by atoms with Gasteiger partial charge in [0.1, 0.15) is 0 Å². The summed E-state index contributed by atoms with van der Waals surface area (Å²) in [6.07, 6.45) is 0.969. The van der Waals surface area contributed by atoms with Crippen molar-refractivity contribution in [2.75, 3.05) is 45.1 Å². The Bertz CT molecular complexity index is 472. The number of nitrogens with one attached hydrogen (secondary N) is 1. The molecular formula is C15H24N4O2S. The van der Waals surface area contributed by atoms with Crippen molar-refractivity contribution in [1.29, 1.82) is 0 Å². The minimum Gasteiger partial charge on any atom is -0.379 e. The zero-order valence-corrected chi connectivity index (χ0v) is 14.1. The Morgan fingerprint density at radius 1 is 1.32 bits per heavy atom. The van der Waals surface area contributed by atoms with Crippen LogP contribution in [0.1, 0.15) is 17.8 Å². The number of carbonyl (C=O) groups excluding carboxylic acids is 1. The van der Waals surface area contributed by atoms with Crippen molar-refractivity contribution in [2.45, 2.75) is 25.4 Å². The van der Waals surface area contributed by atoms with Gasteiger partial charge in [-0.3, -0.25) is 9.69 Å². The van der Waals surface area contributed by atoms with Gasteiger partial charge in [0.05, 0.1) is 19.0 Å². The second kappa shape index (κ2) is 9.07. The summed E-state index contributed by atoms with van der Waals surface area (Å²) < 4.78 is 5.31. The summed E-state index contributed by atoms with van der Waals surface area (Å²) in [6, 6.07) is 1.93. The Morgan fingerprint density at radius 2 is 2.00 bits per heavy atom. The number of aryl methyl sites for hydroxylation is 2. The van der Waals surface area contributed by atoms with Gasteiger partial charge in [-0.1, -0.05) is 11.8 Å². The number of hydrogen-bond acceptors (Lipinski definition) is 6. The van der Waals surface area contributed by atoms with Gasteiger partial charge in [-0.05, 0) is 32.9 Å². The Hall–Kier alpha value is -1.18. The molecule has 0 unspecified atom stereocenters. The third kappa shape index (κ3) is 6.29. The van der Waals surface area contributed by atoms with E-state index in [1.807, 2.05) is 19.9 Å². The average Bonchev–Trinajstić information content (AvgIpc) is 2.50. The summed E-state index contributed by atoms with van der Waals surface area (Å²) in [7, 11) is 0. The molecule has 1 fully saturated rings. The first-order valence-corrected chi connectivity index (χ1v) is 8.64. The summed E-state index contributed by atoms with van der Waals surface area (Å²) in [5.74, 6) is 0.398. The van der Waals surface area contributed by atoms with E-state index in [4.69, 9.17) is 4.74 Å². The van der Waals surface area contributed by atoms with Crippen LogP contribution in [0, 0.1) is 13.8 Å². The van der Waals surface area contributed by atoms with Crippen LogP contribution in [0.25, 0.3) is 0 Å². The van der Waals surface area contributed by atoms with Crippen molar-refractivity contribution in [1.82, 2.24) is 20.2 Å². The number of morpholine rings is 1. The third-order valence-electron chi connectivity index (χ3n) is 3.37. The van der Waals surface area contributed by atoms with Crippen molar-refractivity contribution < 1.29 is 9.53 Å². The van der Waals surface area contributed by atoms with Gasteiger partial charge in [0.25, 0.3) is 0 Å². The first-order valence-electron chi connectivity index (χ1n) is 7.65. The Labute approximate surface area is 136 Å². The van der Waals surface area contributed by atoms with Crippen molar-refractivity contribution in [3.8, 4) is 0 Å². The topological polar surface area (TPSA) is 67.4 Å². The van der Waals surface area contributed by atoms with Crippen LogP contribution in [-0.2, 0) is 9.53 Å². The van der Waals surface area contributed by atoms with Crippen molar-refractivity contribution in [3.63, 3.8) is 0 Å². The maximum atomic E-state index is 11.8. The zero-order valence-electron chi connectivity index (χ0n) is 13.3. The second-order valence-corrected chi connectivity index (χ2v) is 6.32. The van der Waals surface area contributed by atoms with Crippen molar-refractivity contribution in [2.24, 2.45) is 0 Å². The fraction of sp³-hybridized carbons (Fsp3) is 0.667. The molecule has 2 heterocycles. The molecule has 1 saturated heterocycles. The summed E-state index contributed by atoms with van der Waals surface area (Å²) in [5, 5.41) is 3.62. The maximum absolute atomic E-state index is 11.8. The van der Waals surface area contributed by atoms with Gasteiger partial charge in [0.15, 0.2) is 5.16 Å². The van der Waals surface area contributed by atoms with Crippen LogP contribution in [0.15, 0.2) is 11.2 Å². The molecule has 1 aromatic rings. The Balaban J connectivity index is 1.59. The predicted molar refractivity (Wildman–Crippen MR) is 87.1 cm³/mol. The minimum atomic E-state index is 0.0368. The standard InChI is InChI=1S/C15H24N4O2S/c1-12-10-13(2)18-15(17-12)22-11-14(20)16-4-3-5-19-6-8-21-9-7-19/h10H,3-9,11H2,1-2H3,(H,16,20). The van der Waals surface area contributed by atoms with Gasteiger partial charge in [0, 0.05) is 31.0 Å². The quantitative estimate of drug-likeness (QED) is 0.459. The van der Waals surface area contributed by atoms with Gasteiger partial charge >= 0.3 is 0 Å². The average molecular weight is 324 g/mol. The molecule has 6 nitrogen and oxygen atoms in total. The number of ether oxygens (including phenoxy) is 1. The molecule has 1 aromatic heterocycles. The van der Waals surface area contributed by atoms with Gasteiger partial charge in [-0.15, -0.1) is 0 Å².